The molecule has 0 radical (unpaired) electrons. The van der Waals surface area contributed by atoms with Crippen LogP contribution >= 0.6 is 0 Å². The highest BCUT2D eigenvalue weighted by Crippen LogP contribution is 2.22. The summed E-state index contributed by atoms with van der Waals surface area (Å²) in [6.45, 7) is 0. The molecule has 0 bridgehead atoms. The van der Waals surface area contributed by atoms with Crippen LogP contribution in [0.5, 0.6) is 0 Å². The lowest BCUT2D eigenvalue weighted by Gasteiger charge is -2.09. The zero-order chi connectivity index (χ0) is 12.9. The SMILES string of the molecule is [3H]O[Si](CCCC1CC(=O)OC1=O)(O[3H])O[3H]. The van der Waals surface area contributed by atoms with Crippen LogP contribution in [0, 0.1) is 5.92 Å². The number of hydrogen-bond donors (Lipinski definition) is 3. The van der Waals surface area contributed by atoms with Crippen molar-refractivity contribution < 1.29 is 28.7 Å². The number of carbonyl (C=O) groups excluding carboxylic acids is 2. The Bertz CT molecular complexity index is 289. The average Bonchev–Trinajstić information content (AvgIpc) is 2.64. The third-order valence-electron chi connectivity index (χ3n) is 2.00. The van der Waals surface area contributed by atoms with E-state index in [1.807, 2.05) is 0 Å². The maximum Gasteiger partial charge on any atom is 0.492 e. The Morgan fingerprint density at radius 1 is 1.50 bits per heavy atom. The predicted octanol–water partition coefficient (Wildman–Crippen LogP) is -1.23. The third-order valence-corrected chi connectivity index (χ3v) is 2.96. The summed E-state index contributed by atoms with van der Waals surface area (Å²) in [5.74, 6) is -1.61. The predicted molar refractivity (Wildman–Crippen MR) is 45.7 cm³/mol. The van der Waals surface area contributed by atoms with Gasteiger partial charge in [-0.05, 0) is 12.8 Å². The summed E-state index contributed by atoms with van der Waals surface area (Å²) < 4.78 is 24.4. The fourth-order valence-corrected chi connectivity index (χ4v) is 1.94. The Hall–Kier alpha value is -0.763. The minimum Gasteiger partial charge on any atom is -0.393 e. The number of hydrogen-bond acceptors (Lipinski definition) is 6. The van der Waals surface area contributed by atoms with Gasteiger partial charge in [-0.15, -0.1) is 0 Å². The minimum absolute atomic E-state index is 0.0403. The van der Waals surface area contributed by atoms with Crippen molar-refractivity contribution in [2.45, 2.75) is 25.3 Å². The lowest BCUT2D eigenvalue weighted by atomic mass is 10.0. The zero-order valence-electron chi connectivity index (χ0n) is 10.4. The second-order valence-corrected chi connectivity index (χ2v) is 5.14. The van der Waals surface area contributed by atoms with Gasteiger partial charge in [-0.3, -0.25) is 9.59 Å². The molecule has 0 spiro atoms. The van der Waals surface area contributed by atoms with E-state index in [1.165, 1.54) is 0 Å². The van der Waals surface area contributed by atoms with Gasteiger partial charge in [0.25, 0.3) is 0 Å². The highest BCUT2D eigenvalue weighted by molar-refractivity contribution is 6.56. The lowest BCUT2D eigenvalue weighted by Crippen LogP contribution is -2.34. The molecule has 0 aromatic heterocycles. The summed E-state index contributed by atoms with van der Waals surface area (Å²) in [6, 6.07) is 0.0570. The monoisotopic (exact) mass is 226 g/mol. The Labute approximate surface area is 86.0 Å². The van der Waals surface area contributed by atoms with Crippen LogP contribution in [0.3, 0.4) is 0 Å². The van der Waals surface area contributed by atoms with Crippen molar-refractivity contribution >= 4 is 20.7 Å². The number of ether oxygens (including phenoxy) is 1. The number of cyclic esters (lactones) is 2. The topological polar surface area (TPSA) is 104 Å². The molecule has 80 valence electrons. The third kappa shape index (κ3) is 3.54. The molecule has 1 aliphatic heterocycles. The second kappa shape index (κ2) is 4.18. The van der Waals surface area contributed by atoms with Crippen LogP contribution in [0.4, 0.5) is 0 Å². The van der Waals surface area contributed by atoms with Crippen LogP contribution < -0.4 is 0 Å². The maximum atomic E-state index is 11.1. The van der Waals surface area contributed by atoms with E-state index in [9.17, 15) is 9.59 Å². The second-order valence-electron chi connectivity index (χ2n) is 3.27. The molecule has 1 aliphatic rings. The van der Waals surface area contributed by atoms with E-state index in [-0.39, 0.29) is 12.5 Å². The van der Waals surface area contributed by atoms with Crippen molar-refractivity contribution in [3.05, 3.63) is 0 Å². The minimum atomic E-state index is -3.57. The van der Waals surface area contributed by atoms with Gasteiger partial charge in [0, 0.05) is 6.04 Å². The van der Waals surface area contributed by atoms with Crippen molar-refractivity contribution in [3.63, 3.8) is 0 Å². The first-order valence-electron chi connectivity index (χ1n) is 5.47. The normalized spacial score (nSPS) is 25.4. The van der Waals surface area contributed by atoms with E-state index >= 15 is 0 Å². The fraction of sp³-hybridized carbons (Fsp3) is 0.714. The standard InChI is InChI=1S/C7H12O6Si/c8-6-4-5(7(9)13-6)2-1-3-14(10,11)12/h5,10-12H,1-4H2/i10T,11T,12T. The highest BCUT2D eigenvalue weighted by atomic mass is 28.4. The van der Waals surface area contributed by atoms with Gasteiger partial charge < -0.3 is 19.1 Å². The zero-order valence-corrected chi connectivity index (χ0v) is 8.36. The first kappa shape index (κ1) is 7.52. The molecule has 1 rings (SSSR count). The van der Waals surface area contributed by atoms with Gasteiger partial charge in [0.05, 0.1) is 12.3 Å². The van der Waals surface area contributed by atoms with Gasteiger partial charge in [-0.25, -0.2) is 0 Å². The molecule has 14 heavy (non-hydrogen) atoms. The molecule has 0 saturated carbocycles. The van der Waals surface area contributed by atoms with E-state index in [4.69, 9.17) is 4.29 Å². The van der Waals surface area contributed by atoms with Gasteiger partial charge in [0.15, 0.2) is 4.29 Å². The largest absolute Gasteiger partial charge is 0.492 e. The Kier molecular flexibility index (Phi) is 2.24. The van der Waals surface area contributed by atoms with Crippen molar-refractivity contribution in [3.8, 4) is 0 Å². The first-order chi connectivity index (χ1) is 8.06. The summed E-state index contributed by atoms with van der Waals surface area (Å²) in [5, 5.41) is 0. The van der Waals surface area contributed by atoms with Crippen molar-refractivity contribution in [2.24, 2.45) is 5.92 Å². The molecular formula is C7H12O6Si. The lowest BCUT2D eigenvalue weighted by molar-refractivity contribution is -0.153. The van der Waals surface area contributed by atoms with Crippen molar-refractivity contribution in [2.75, 3.05) is 0 Å². The van der Waals surface area contributed by atoms with Gasteiger partial charge in [-0.1, -0.05) is 0 Å². The summed E-state index contributed by atoms with van der Waals surface area (Å²) in [4.78, 5) is 34.3. The van der Waals surface area contributed by atoms with E-state index in [1.54, 1.807) is 0 Å². The van der Waals surface area contributed by atoms with Gasteiger partial charge in [0.1, 0.15) is 0 Å². The van der Waals surface area contributed by atoms with E-state index in [0.29, 0.717) is 12.8 Å². The van der Waals surface area contributed by atoms with Crippen molar-refractivity contribution in [1.29, 1.82) is 4.29 Å². The van der Waals surface area contributed by atoms with Crippen LogP contribution in [0.1, 0.15) is 19.3 Å². The van der Waals surface area contributed by atoms with Crippen LogP contribution in [0.25, 0.3) is 0 Å². The number of carbonyl (C=O) groups is 2. The van der Waals surface area contributed by atoms with E-state index < -0.39 is 26.7 Å². The molecule has 0 aromatic carbocycles. The van der Waals surface area contributed by atoms with Crippen LogP contribution in [-0.2, 0) is 14.3 Å². The van der Waals surface area contributed by atoms with E-state index in [2.05, 4.69) is 19.1 Å². The first-order valence-corrected chi connectivity index (χ1v) is 6.17. The van der Waals surface area contributed by atoms with Crippen LogP contribution in [0.2, 0.25) is 6.04 Å². The molecule has 1 atom stereocenters. The molecule has 6 nitrogen and oxygen atoms in total. The number of rotatable bonds is 7. The smallest absolute Gasteiger partial charge is 0.393 e. The molecule has 1 unspecified atom stereocenters. The van der Waals surface area contributed by atoms with Crippen molar-refractivity contribution in [1.82, 2.24) is 0 Å². The maximum absolute atomic E-state index is 11.1. The quantitative estimate of drug-likeness (QED) is 0.285. The molecule has 3 N–H and O–H groups in total. The molecule has 0 aromatic rings. The summed E-state index contributed by atoms with van der Waals surface area (Å²) >= 11 is 0. The number of esters is 2. The van der Waals surface area contributed by atoms with Crippen LogP contribution in [0.15, 0.2) is 0 Å². The Morgan fingerprint density at radius 3 is 2.71 bits per heavy atom. The van der Waals surface area contributed by atoms with Crippen LogP contribution in [-0.4, -0.2) is 39.4 Å². The Morgan fingerprint density at radius 2 is 2.21 bits per heavy atom. The van der Waals surface area contributed by atoms with Gasteiger partial charge in [-0.2, -0.15) is 0 Å². The molecule has 1 saturated heterocycles. The Balaban J connectivity index is 2.36. The van der Waals surface area contributed by atoms with Gasteiger partial charge >= 0.3 is 20.7 Å². The summed E-state index contributed by atoms with van der Waals surface area (Å²) in [5.41, 5.74) is 0. The van der Waals surface area contributed by atoms with Gasteiger partial charge in [0.2, 0.25) is 0 Å². The molecule has 1 fully saturated rings. The summed E-state index contributed by atoms with van der Waals surface area (Å²) in [7, 11) is -3.57. The molecular weight excluding hydrogens is 208 g/mol. The van der Waals surface area contributed by atoms with E-state index in [0.717, 1.165) is 0 Å². The molecule has 7 heteroatoms. The average molecular weight is 226 g/mol. The molecule has 1 heterocycles. The highest BCUT2D eigenvalue weighted by Gasteiger charge is 2.34. The fourth-order valence-electron chi connectivity index (χ4n) is 1.31. The summed E-state index contributed by atoms with van der Waals surface area (Å²) in [6.07, 6.45) is 0.726. The molecule has 0 amide bonds. The molecule has 0 aliphatic carbocycles.